The van der Waals surface area contributed by atoms with Gasteiger partial charge in [0.1, 0.15) is 12.4 Å². The Hall–Kier alpha value is -2.60. The van der Waals surface area contributed by atoms with E-state index in [1.807, 2.05) is 41.2 Å². The van der Waals surface area contributed by atoms with E-state index >= 15 is 0 Å². The van der Waals surface area contributed by atoms with Crippen molar-refractivity contribution < 1.29 is 9.18 Å². The average Bonchev–Trinajstić information content (AvgIpc) is 3.19. The maximum Gasteiger partial charge on any atom is 0.239 e. The number of nitrogens with zero attached hydrogens (tertiary/aromatic N) is 1. The summed E-state index contributed by atoms with van der Waals surface area (Å²) in [6.45, 7) is 0.778. The number of hydrogen-bond acceptors (Lipinski definition) is 1. The summed E-state index contributed by atoms with van der Waals surface area (Å²) in [5.41, 5.74) is 2.92. The second-order valence-corrected chi connectivity index (χ2v) is 7.17. The molecule has 2 heterocycles. The summed E-state index contributed by atoms with van der Waals surface area (Å²) in [6, 6.07) is 12.7. The van der Waals surface area contributed by atoms with Crippen LogP contribution in [0.5, 0.6) is 0 Å². The lowest BCUT2D eigenvalue weighted by Crippen LogP contribution is -2.29. The Balaban J connectivity index is 1.38. The number of amides is 1. The molecule has 0 aliphatic heterocycles. The van der Waals surface area contributed by atoms with E-state index in [9.17, 15) is 9.18 Å². The summed E-state index contributed by atoms with van der Waals surface area (Å²) in [4.78, 5) is 15.4. The Morgan fingerprint density at radius 3 is 2.96 bits per heavy atom. The topological polar surface area (TPSA) is 49.8 Å². The summed E-state index contributed by atoms with van der Waals surface area (Å²) in [7, 11) is 0. The van der Waals surface area contributed by atoms with Crippen molar-refractivity contribution in [3.05, 3.63) is 70.7 Å². The fourth-order valence-electron chi connectivity index (χ4n) is 3.21. The number of aromatic amines is 1. The van der Waals surface area contributed by atoms with Crippen molar-refractivity contribution >= 4 is 43.6 Å². The minimum atomic E-state index is -0.256. The number of carbonyl (C=O) groups is 1. The highest BCUT2D eigenvalue weighted by Crippen LogP contribution is 2.21. The largest absolute Gasteiger partial charge is 0.361 e. The van der Waals surface area contributed by atoms with Crippen LogP contribution in [0.25, 0.3) is 21.8 Å². The molecule has 0 bridgehead atoms. The third-order valence-electron chi connectivity index (χ3n) is 4.49. The first-order valence-electron chi connectivity index (χ1n) is 8.37. The second kappa shape index (κ2) is 6.96. The molecule has 0 aliphatic carbocycles. The molecule has 0 unspecified atom stereocenters. The van der Waals surface area contributed by atoms with Crippen LogP contribution >= 0.6 is 15.9 Å². The molecule has 4 nitrogen and oxygen atoms in total. The molecule has 2 N–H and O–H groups in total. The van der Waals surface area contributed by atoms with Crippen molar-refractivity contribution in [3.63, 3.8) is 0 Å². The predicted molar refractivity (Wildman–Crippen MR) is 105 cm³/mol. The Morgan fingerprint density at radius 1 is 1.19 bits per heavy atom. The van der Waals surface area contributed by atoms with Crippen molar-refractivity contribution in [1.82, 2.24) is 14.9 Å². The number of H-pyrrole nitrogens is 1. The van der Waals surface area contributed by atoms with Crippen LogP contribution in [0.4, 0.5) is 4.39 Å². The van der Waals surface area contributed by atoms with E-state index in [0.29, 0.717) is 13.0 Å². The lowest BCUT2D eigenvalue weighted by Gasteiger charge is -2.07. The van der Waals surface area contributed by atoms with Gasteiger partial charge in [-0.25, -0.2) is 4.39 Å². The van der Waals surface area contributed by atoms with Gasteiger partial charge in [-0.15, -0.1) is 0 Å². The molecule has 0 atom stereocenters. The molecular weight excluding hydrogens is 397 g/mol. The van der Waals surface area contributed by atoms with Crippen LogP contribution in [0.15, 0.2) is 59.3 Å². The lowest BCUT2D eigenvalue weighted by molar-refractivity contribution is -0.121. The Labute approximate surface area is 158 Å². The minimum Gasteiger partial charge on any atom is -0.361 e. The zero-order valence-electron chi connectivity index (χ0n) is 13.9. The zero-order chi connectivity index (χ0) is 18.1. The quantitative estimate of drug-likeness (QED) is 0.500. The summed E-state index contributed by atoms with van der Waals surface area (Å²) in [5, 5.41) is 4.89. The molecule has 0 fully saturated rings. The maximum absolute atomic E-state index is 13.4. The molecular formula is C20H17BrFN3O. The molecule has 0 saturated carbocycles. The van der Waals surface area contributed by atoms with Crippen LogP contribution in [0, 0.1) is 5.82 Å². The smallest absolute Gasteiger partial charge is 0.239 e. The molecule has 132 valence electrons. The molecule has 4 aromatic rings. The monoisotopic (exact) mass is 413 g/mol. The normalized spacial score (nSPS) is 11.3. The van der Waals surface area contributed by atoms with Gasteiger partial charge in [-0.2, -0.15) is 0 Å². The van der Waals surface area contributed by atoms with Gasteiger partial charge in [-0.3, -0.25) is 4.79 Å². The highest BCUT2D eigenvalue weighted by molar-refractivity contribution is 9.10. The van der Waals surface area contributed by atoms with Gasteiger partial charge in [0.2, 0.25) is 5.91 Å². The Kier molecular flexibility index (Phi) is 4.51. The van der Waals surface area contributed by atoms with Crippen LogP contribution in [0.3, 0.4) is 0 Å². The third kappa shape index (κ3) is 3.37. The molecule has 0 aliphatic rings. The number of nitrogens with one attached hydrogen (secondary N) is 2. The molecule has 0 spiro atoms. The van der Waals surface area contributed by atoms with Crippen LogP contribution in [0.1, 0.15) is 5.56 Å². The van der Waals surface area contributed by atoms with Gasteiger partial charge in [0.25, 0.3) is 0 Å². The summed E-state index contributed by atoms with van der Waals surface area (Å²) in [5.74, 6) is -0.301. The van der Waals surface area contributed by atoms with E-state index in [1.165, 1.54) is 12.1 Å². The number of halogens is 2. The van der Waals surface area contributed by atoms with Gasteiger partial charge in [0.15, 0.2) is 0 Å². The number of benzene rings is 2. The van der Waals surface area contributed by atoms with Crippen molar-refractivity contribution in [2.75, 3.05) is 6.54 Å². The van der Waals surface area contributed by atoms with Gasteiger partial charge in [-0.1, -0.05) is 15.9 Å². The van der Waals surface area contributed by atoms with Crippen LogP contribution in [-0.2, 0) is 17.8 Å². The zero-order valence-corrected chi connectivity index (χ0v) is 15.5. The summed E-state index contributed by atoms with van der Waals surface area (Å²) in [6.07, 6.45) is 4.43. The third-order valence-corrected chi connectivity index (χ3v) is 4.99. The fraction of sp³-hybridized carbons (Fsp3) is 0.150. The van der Waals surface area contributed by atoms with E-state index in [-0.39, 0.29) is 18.3 Å². The van der Waals surface area contributed by atoms with E-state index in [1.54, 1.807) is 6.07 Å². The lowest BCUT2D eigenvalue weighted by atomic mass is 10.1. The standard InChI is InChI=1S/C20H17BrFN3O/c21-15-1-4-19-13(9-15)6-8-25(19)12-20(26)23-7-5-14-11-24-18-3-2-16(22)10-17(14)18/h1-4,6,8-11,24H,5,7,12H2,(H,23,26). The van der Waals surface area contributed by atoms with E-state index in [2.05, 4.69) is 26.2 Å². The highest BCUT2D eigenvalue weighted by atomic mass is 79.9. The van der Waals surface area contributed by atoms with Crippen LogP contribution in [0.2, 0.25) is 0 Å². The molecule has 2 aromatic carbocycles. The molecule has 26 heavy (non-hydrogen) atoms. The molecule has 0 saturated heterocycles. The Bertz CT molecular complexity index is 1100. The van der Waals surface area contributed by atoms with E-state index < -0.39 is 0 Å². The van der Waals surface area contributed by atoms with Crippen molar-refractivity contribution in [2.24, 2.45) is 0 Å². The number of rotatable bonds is 5. The summed E-state index contributed by atoms with van der Waals surface area (Å²) >= 11 is 3.45. The minimum absolute atomic E-state index is 0.0450. The van der Waals surface area contributed by atoms with Crippen molar-refractivity contribution in [2.45, 2.75) is 13.0 Å². The molecule has 6 heteroatoms. The number of aromatic nitrogens is 2. The van der Waals surface area contributed by atoms with Crippen molar-refractivity contribution in [1.29, 1.82) is 0 Å². The first-order valence-corrected chi connectivity index (χ1v) is 9.16. The van der Waals surface area contributed by atoms with E-state index in [0.717, 1.165) is 31.8 Å². The average molecular weight is 414 g/mol. The van der Waals surface area contributed by atoms with Gasteiger partial charge in [0, 0.05) is 45.2 Å². The van der Waals surface area contributed by atoms with Gasteiger partial charge in [-0.05, 0) is 54.4 Å². The second-order valence-electron chi connectivity index (χ2n) is 6.25. The molecule has 0 radical (unpaired) electrons. The van der Waals surface area contributed by atoms with Gasteiger partial charge >= 0.3 is 0 Å². The molecule has 2 aromatic heterocycles. The first-order chi connectivity index (χ1) is 12.6. The van der Waals surface area contributed by atoms with Crippen LogP contribution < -0.4 is 5.32 Å². The predicted octanol–water partition coefficient (Wildman–Crippen LogP) is 4.38. The fourth-order valence-corrected chi connectivity index (χ4v) is 3.59. The van der Waals surface area contributed by atoms with Gasteiger partial charge < -0.3 is 14.9 Å². The molecule has 1 amide bonds. The number of fused-ring (bicyclic) bond motifs is 2. The van der Waals surface area contributed by atoms with Crippen LogP contribution in [-0.4, -0.2) is 22.0 Å². The van der Waals surface area contributed by atoms with Gasteiger partial charge in [0.05, 0.1) is 0 Å². The SMILES string of the molecule is O=C(Cn1ccc2cc(Br)ccc21)NCCc1c[nH]c2ccc(F)cc12. The maximum atomic E-state index is 13.4. The van der Waals surface area contributed by atoms with Crippen molar-refractivity contribution in [3.8, 4) is 0 Å². The number of carbonyl (C=O) groups excluding carboxylic acids is 1. The highest BCUT2D eigenvalue weighted by Gasteiger charge is 2.08. The molecule has 4 rings (SSSR count). The number of hydrogen-bond donors (Lipinski definition) is 2. The first kappa shape index (κ1) is 16.8. The van der Waals surface area contributed by atoms with E-state index in [4.69, 9.17) is 0 Å². The summed E-state index contributed by atoms with van der Waals surface area (Å²) < 4.78 is 16.4. The Morgan fingerprint density at radius 2 is 2.08 bits per heavy atom.